The van der Waals surface area contributed by atoms with Crippen LogP contribution >= 0.6 is 0 Å². The molecule has 160 valence electrons. The van der Waals surface area contributed by atoms with Crippen molar-refractivity contribution in [1.29, 1.82) is 0 Å². The highest BCUT2D eigenvalue weighted by Gasteiger charge is 2.38. The predicted octanol–water partition coefficient (Wildman–Crippen LogP) is 2.95. The number of aromatic nitrogens is 4. The quantitative estimate of drug-likeness (QED) is 0.563. The lowest BCUT2D eigenvalue weighted by molar-refractivity contribution is -0.137. The first-order valence-electron chi connectivity index (χ1n) is 9.08. The third-order valence-corrected chi connectivity index (χ3v) is 4.75. The SMILES string of the molecule is CC(CCCN)(c1nnc(Cc2nccc(=O)[nH]2)o1)c1ccc(C(F)(F)F)cc1F. The highest BCUT2D eigenvalue weighted by Crippen LogP contribution is 2.39. The lowest BCUT2D eigenvalue weighted by atomic mass is 9.77. The molecule has 0 aliphatic carbocycles. The van der Waals surface area contributed by atoms with Gasteiger partial charge in [-0.3, -0.25) is 4.79 Å². The van der Waals surface area contributed by atoms with Gasteiger partial charge in [0.2, 0.25) is 11.8 Å². The minimum absolute atomic E-state index is 0.00890. The van der Waals surface area contributed by atoms with E-state index in [1.165, 1.54) is 12.3 Å². The molecule has 3 aromatic rings. The average molecular weight is 425 g/mol. The topological polar surface area (TPSA) is 111 Å². The molecule has 0 saturated heterocycles. The number of halogens is 4. The van der Waals surface area contributed by atoms with Gasteiger partial charge in [-0.05, 0) is 38.4 Å². The third-order valence-electron chi connectivity index (χ3n) is 4.75. The zero-order valence-electron chi connectivity index (χ0n) is 16.0. The van der Waals surface area contributed by atoms with E-state index < -0.39 is 23.0 Å². The number of hydrogen-bond acceptors (Lipinski definition) is 6. The highest BCUT2D eigenvalue weighted by molar-refractivity contribution is 5.35. The van der Waals surface area contributed by atoms with Gasteiger partial charge >= 0.3 is 6.18 Å². The van der Waals surface area contributed by atoms with Gasteiger partial charge in [-0.1, -0.05) is 6.07 Å². The smallest absolute Gasteiger partial charge is 0.416 e. The summed E-state index contributed by atoms with van der Waals surface area (Å²) in [5.41, 5.74) is 2.94. The Hall–Kier alpha value is -3.08. The molecule has 3 N–H and O–H groups in total. The normalized spacial score (nSPS) is 13.9. The van der Waals surface area contributed by atoms with Gasteiger partial charge < -0.3 is 15.1 Å². The standard InChI is InChI=1S/C19H19F4N5O2/c1-18(6-2-7-24,12-4-3-11(9-13(12)20)19(21,22)23)17-28-27-16(30-17)10-14-25-8-5-15(29)26-14/h3-5,8-9H,2,6-7,10,24H2,1H3,(H,25,26,29). The summed E-state index contributed by atoms with van der Waals surface area (Å²) in [7, 11) is 0. The fourth-order valence-corrected chi connectivity index (χ4v) is 3.14. The maximum absolute atomic E-state index is 14.7. The molecule has 11 heteroatoms. The van der Waals surface area contributed by atoms with E-state index in [0.717, 1.165) is 12.1 Å². The Kier molecular flexibility index (Phi) is 6.01. The fraction of sp³-hybridized carbons (Fsp3) is 0.368. The Morgan fingerprint density at radius 2 is 1.97 bits per heavy atom. The van der Waals surface area contributed by atoms with Crippen molar-refractivity contribution in [3.05, 3.63) is 75.4 Å². The zero-order valence-corrected chi connectivity index (χ0v) is 16.0. The van der Waals surface area contributed by atoms with Crippen LogP contribution in [0.3, 0.4) is 0 Å². The number of nitrogens with zero attached hydrogens (tertiary/aromatic N) is 3. The first kappa shape index (κ1) is 21.6. The fourth-order valence-electron chi connectivity index (χ4n) is 3.14. The van der Waals surface area contributed by atoms with E-state index in [-0.39, 0.29) is 42.3 Å². The Balaban J connectivity index is 1.98. The molecular formula is C19H19F4N5O2. The number of aromatic amines is 1. The van der Waals surface area contributed by atoms with E-state index in [2.05, 4.69) is 20.2 Å². The number of alkyl halides is 3. The number of benzene rings is 1. The predicted molar refractivity (Wildman–Crippen MR) is 98.1 cm³/mol. The summed E-state index contributed by atoms with van der Waals surface area (Å²) in [6.07, 6.45) is -2.58. The Morgan fingerprint density at radius 3 is 2.60 bits per heavy atom. The van der Waals surface area contributed by atoms with Crippen LogP contribution in [-0.4, -0.2) is 26.7 Å². The molecule has 0 spiro atoms. The van der Waals surface area contributed by atoms with E-state index in [9.17, 15) is 22.4 Å². The maximum atomic E-state index is 14.7. The van der Waals surface area contributed by atoms with Gasteiger partial charge in [0, 0.05) is 17.8 Å². The number of H-pyrrole nitrogens is 1. The van der Waals surface area contributed by atoms with Crippen LogP contribution in [0.5, 0.6) is 0 Å². The van der Waals surface area contributed by atoms with Crippen molar-refractivity contribution in [3.8, 4) is 0 Å². The number of hydrogen-bond donors (Lipinski definition) is 2. The second-order valence-corrected chi connectivity index (χ2v) is 6.98. The van der Waals surface area contributed by atoms with Crippen LogP contribution in [0.2, 0.25) is 0 Å². The third kappa shape index (κ3) is 4.56. The van der Waals surface area contributed by atoms with Crippen LogP contribution in [0.25, 0.3) is 0 Å². The Morgan fingerprint density at radius 1 is 1.20 bits per heavy atom. The molecule has 0 aliphatic rings. The van der Waals surface area contributed by atoms with Gasteiger partial charge in [0.05, 0.1) is 17.4 Å². The van der Waals surface area contributed by atoms with E-state index in [1.807, 2.05) is 0 Å². The molecule has 0 saturated carbocycles. The average Bonchev–Trinajstić information content (AvgIpc) is 3.14. The van der Waals surface area contributed by atoms with E-state index in [0.29, 0.717) is 18.3 Å². The molecule has 0 aliphatic heterocycles. The van der Waals surface area contributed by atoms with Crippen molar-refractivity contribution in [2.75, 3.05) is 6.54 Å². The Bertz CT molecular complexity index is 1080. The van der Waals surface area contributed by atoms with Gasteiger partial charge in [0.15, 0.2) is 0 Å². The molecule has 30 heavy (non-hydrogen) atoms. The van der Waals surface area contributed by atoms with Crippen molar-refractivity contribution in [3.63, 3.8) is 0 Å². The summed E-state index contributed by atoms with van der Waals surface area (Å²) in [5, 5.41) is 7.90. The summed E-state index contributed by atoms with van der Waals surface area (Å²) in [5.74, 6) is -0.589. The molecule has 2 heterocycles. The molecule has 2 aromatic heterocycles. The molecule has 0 radical (unpaired) electrons. The van der Waals surface area contributed by atoms with Crippen LogP contribution < -0.4 is 11.3 Å². The first-order valence-corrected chi connectivity index (χ1v) is 9.08. The van der Waals surface area contributed by atoms with E-state index >= 15 is 0 Å². The zero-order chi connectivity index (χ0) is 21.9. The van der Waals surface area contributed by atoms with Crippen molar-refractivity contribution < 1.29 is 22.0 Å². The van der Waals surface area contributed by atoms with Gasteiger partial charge in [-0.25, -0.2) is 9.37 Å². The molecule has 1 unspecified atom stereocenters. The van der Waals surface area contributed by atoms with Crippen molar-refractivity contribution >= 4 is 0 Å². The monoisotopic (exact) mass is 425 g/mol. The summed E-state index contributed by atoms with van der Waals surface area (Å²) in [6.45, 7) is 1.89. The van der Waals surface area contributed by atoms with E-state index in [4.69, 9.17) is 10.2 Å². The maximum Gasteiger partial charge on any atom is 0.416 e. The summed E-state index contributed by atoms with van der Waals surface area (Å²) in [6, 6.07) is 3.59. The van der Waals surface area contributed by atoms with Crippen LogP contribution in [0.1, 0.15) is 48.5 Å². The second-order valence-electron chi connectivity index (χ2n) is 6.98. The number of rotatable bonds is 7. The van der Waals surface area contributed by atoms with Gasteiger partial charge in [-0.2, -0.15) is 13.2 Å². The molecular weight excluding hydrogens is 406 g/mol. The van der Waals surface area contributed by atoms with Crippen LogP contribution in [0.15, 0.2) is 39.7 Å². The highest BCUT2D eigenvalue weighted by atomic mass is 19.4. The van der Waals surface area contributed by atoms with Gasteiger partial charge in [0.25, 0.3) is 5.56 Å². The summed E-state index contributed by atoms with van der Waals surface area (Å²) in [4.78, 5) is 17.9. The van der Waals surface area contributed by atoms with Crippen molar-refractivity contribution in [2.45, 2.75) is 37.8 Å². The molecule has 0 bridgehead atoms. The van der Waals surface area contributed by atoms with Gasteiger partial charge in [0.1, 0.15) is 11.6 Å². The summed E-state index contributed by atoms with van der Waals surface area (Å²) >= 11 is 0. The lowest BCUT2D eigenvalue weighted by Crippen LogP contribution is -2.27. The molecule has 0 amide bonds. The number of nitrogens with one attached hydrogen (secondary N) is 1. The van der Waals surface area contributed by atoms with Crippen molar-refractivity contribution in [1.82, 2.24) is 20.2 Å². The largest absolute Gasteiger partial charge is 0.424 e. The Labute approximate surface area is 168 Å². The minimum Gasteiger partial charge on any atom is -0.424 e. The van der Waals surface area contributed by atoms with Crippen LogP contribution in [0.4, 0.5) is 17.6 Å². The summed E-state index contributed by atoms with van der Waals surface area (Å²) < 4.78 is 59.1. The molecule has 3 rings (SSSR count). The number of nitrogens with two attached hydrogens (primary N) is 1. The van der Waals surface area contributed by atoms with Crippen LogP contribution in [0, 0.1) is 5.82 Å². The van der Waals surface area contributed by atoms with Gasteiger partial charge in [-0.15, -0.1) is 10.2 Å². The van der Waals surface area contributed by atoms with E-state index in [1.54, 1.807) is 6.92 Å². The lowest BCUT2D eigenvalue weighted by Gasteiger charge is -2.27. The van der Waals surface area contributed by atoms with Crippen molar-refractivity contribution in [2.24, 2.45) is 5.73 Å². The molecule has 1 atom stereocenters. The molecule has 0 fully saturated rings. The molecule has 7 nitrogen and oxygen atoms in total. The molecule has 1 aromatic carbocycles. The second kappa shape index (κ2) is 8.34. The first-order chi connectivity index (χ1) is 14.1. The van der Waals surface area contributed by atoms with Crippen LogP contribution in [-0.2, 0) is 18.0 Å². The minimum atomic E-state index is -4.66.